The second kappa shape index (κ2) is 8.99. The van der Waals surface area contributed by atoms with Crippen LogP contribution >= 0.6 is 0 Å². The van der Waals surface area contributed by atoms with Gasteiger partial charge in [0.1, 0.15) is 17.0 Å². The molecule has 0 atom stereocenters. The lowest BCUT2D eigenvalue weighted by atomic mass is 9.98. The number of fused-ring (bicyclic) bond motifs is 1. The number of anilines is 3. The summed E-state index contributed by atoms with van der Waals surface area (Å²) in [5.74, 6) is -1.51. The van der Waals surface area contributed by atoms with Crippen LogP contribution in [0.1, 0.15) is 42.6 Å². The van der Waals surface area contributed by atoms with Gasteiger partial charge in [-0.3, -0.25) is 9.59 Å². The molecular formula is C28H25F2N3O4. The maximum Gasteiger partial charge on any atom is 0.341 e. The lowest BCUT2D eigenvalue weighted by molar-refractivity contribution is -0.114. The number of carbonyl (C=O) groups is 1. The normalized spacial score (nSPS) is 13.1. The number of halogens is 2. The van der Waals surface area contributed by atoms with Crippen molar-refractivity contribution in [1.82, 2.24) is 4.57 Å². The van der Waals surface area contributed by atoms with E-state index in [1.807, 2.05) is 0 Å². The Hall–Kier alpha value is -4.27. The number of pyridine rings is 1. The minimum Gasteiger partial charge on any atom is -0.421 e. The van der Waals surface area contributed by atoms with E-state index >= 15 is 4.39 Å². The van der Waals surface area contributed by atoms with Gasteiger partial charge in [0.2, 0.25) is 5.91 Å². The Morgan fingerprint density at radius 3 is 2.41 bits per heavy atom. The summed E-state index contributed by atoms with van der Waals surface area (Å²) in [5.41, 5.74) is 0.766. The van der Waals surface area contributed by atoms with Gasteiger partial charge in [-0.25, -0.2) is 13.6 Å². The Bertz CT molecular complexity index is 1720. The first kappa shape index (κ1) is 24.4. The van der Waals surface area contributed by atoms with Gasteiger partial charge in [-0.15, -0.1) is 0 Å². The van der Waals surface area contributed by atoms with Gasteiger partial charge in [0.25, 0.3) is 5.56 Å². The zero-order valence-corrected chi connectivity index (χ0v) is 20.8. The Morgan fingerprint density at radius 1 is 1.03 bits per heavy atom. The van der Waals surface area contributed by atoms with Gasteiger partial charge in [0.15, 0.2) is 5.58 Å². The summed E-state index contributed by atoms with van der Waals surface area (Å²) in [6.45, 7) is 6.24. The maximum absolute atomic E-state index is 15.3. The molecule has 1 aliphatic rings. The Morgan fingerprint density at radius 2 is 1.76 bits per heavy atom. The van der Waals surface area contributed by atoms with E-state index < -0.39 is 22.8 Å². The number of benzene rings is 2. The molecule has 37 heavy (non-hydrogen) atoms. The Balaban J connectivity index is 1.88. The molecule has 7 nitrogen and oxygen atoms in total. The molecule has 2 aromatic heterocycles. The number of nitrogens with zero attached hydrogens (tertiary/aromatic N) is 1. The summed E-state index contributed by atoms with van der Waals surface area (Å²) < 4.78 is 37.3. The number of carbonyl (C=O) groups excluding carboxylic acids is 1. The number of hydrogen-bond acceptors (Lipinski definition) is 5. The SMILES string of the molecule is CC(=O)Nc1ccc(F)c(-c2c(C)n(C3CC3)c(=O)c3c(Nc4ccc(C)cc4F)c(C)c(=O)oc23)c1. The average Bonchev–Trinajstić information content (AvgIpc) is 3.65. The summed E-state index contributed by atoms with van der Waals surface area (Å²) in [7, 11) is 0. The fourth-order valence-electron chi connectivity index (χ4n) is 4.66. The largest absolute Gasteiger partial charge is 0.421 e. The standard InChI is InChI=1S/C28H25F2N3O4/c1-13-5-10-22(21(30)11-13)32-25-14(2)28(36)37-26-23(15(3)33(18-7-8-18)27(35)24(25)26)19-12-17(31-16(4)34)6-9-20(19)29/h5-6,9-12,18,32H,7-8H2,1-4H3,(H,31,34). The van der Waals surface area contributed by atoms with Crippen LogP contribution < -0.4 is 21.8 Å². The lowest BCUT2D eigenvalue weighted by Gasteiger charge is -2.20. The van der Waals surface area contributed by atoms with Gasteiger partial charge in [-0.2, -0.15) is 0 Å². The highest BCUT2D eigenvalue weighted by atomic mass is 19.1. The van der Waals surface area contributed by atoms with Gasteiger partial charge in [-0.05, 0) is 69.5 Å². The quantitative estimate of drug-likeness (QED) is 0.354. The molecule has 1 amide bonds. The van der Waals surface area contributed by atoms with Crippen LogP contribution in [-0.4, -0.2) is 10.5 Å². The summed E-state index contributed by atoms with van der Waals surface area (Å²) in [5, 5.41) is 5.58. The molecule has 2 heterocycles. The van der Waals surface area contributed by atoms with Crippen LogP contribution in [0.4, 0.5) is 25.8 Å². The molecular weight excluding hydrogens is 480 g/mol. The predicted molar refractivity (Wildman–Crippen MR) is 139 cm³/mol. The highest BCUT2D eigenvalue weighted by Gasteiger charge is 2.32. The zero-order chi connectivity index (χ0) is 26.6. The van der Waals surface area contributed by atoms with Crippen LogP contribution in [0.3, 0.4) is 0 Å². The van der Waals surface area contributed by atoms with E-state index in [4.69, 9.17) is 4.42 Å². The molecule has 0 unspecified atom stereocenters. The molecule has 1 aliphatic carbocycles. The van der Waals surface area contributed by atoms with Gasteiger partial charge in [-0.1, -0.05) is 6.07 Å². The van der Waals surface area contributed by atoms with Crippen molar-refractivity contribution >= 4 is 33.9 Å². The van der Waals surface area contributed by atoms with E-state index in [1.165, 1.54) is 44.2 Å². The van der Waals surface area contributed by atoms with Crippen molar-refractivity contribution < 1.29 is 18.0 Å². The minimum absolute atomic E-state index is 0.0221. The van der Waals surface area contributed by atoms with Crippen LogP contribution in [0, 0.1) is 32.4 Å². The molecule has 0 radical (unpaired) electrons. The van der Waals surface area contributed by atoms with Crippen molar-refractivity contribution in [3.8, 4) is 11.1 Å². The number of amides is 1. The lowest BCUT2D eigenvalue weighted by Crippen LogP contribution is -2.25. The zero-order valence-electron chi connectivity index (χ0n) is 20.8. The molecule has 2 aromatic carbocycles. The van der Waals surface area contributed by atoms with Gasteiger partial charge in [0, 0.05) is 35.5 Å². The van der Waals surface area contributed by atoms with E-state index in [1.54, 1.807) is 24.5 Å². The van der Waals surface area contributed by atoms with E-state index in [2.05, 4.69) is 10.6 Å². The van der Waals surface area contributed by atoms with Gasteiger partial charge < -0.3 is 19.6 Å². The predicted octanol–water partition coefficient (Wildman–Crippen LogP) is 5.86. The van der Waals surface area contributed by atoms with Crippen molar-refractivity contribution in [3.05, 3.63) is 85.6 Å². The maximum atomic E-state index is 15.3. The number of aryl methyl sites for hydroxylation is 1. The third kappa shape index (κ3) is 4.30. The molecule has 0 spiro atoms. The van der Waals surface area contributed by atoms with Crippen molar-refractivity contribution in [2.45, 2.75) is 46.6 Å². The molecule has 5 rings (SSSR count). The second-order valence-corrected chi connectivity index (χ2v) is 9.44. The number of rotatable bonds is 5. The van der Waals surface area contributed by atoms with Gasteiger partial charge >= 0.3 is 5.63 Å². The number of aromatic nitrogens is 1. The number of nitrogens with one attached hydrogen (secondary N) is 2. The van der Waals surface area contributed by atoms with Crippen molar-refractivity contribution in [3.63, 3.8) is 0 Å². The third-order valence-corrected chi connectivity index (χ3v) is 6.59. The summed E-state index contributed by atoms with van der Waals surface area (Å²) >= 11 is 0. The molecule has 0 bridgehead atoms. The van der Waals surface area contributed by atoms with Crippen molar-refractivity contribution in [2.24, 2.45) is 0 Å². The van der Waals surface area contributed by atoms with Gasteiger partial charge in [0.05, 0.1) is 16.9 Å². The first-order chi connectivity index (χ1) is 17.6. The smallest absolute Gasteiger partial charge is 0.341 e. The highest BCUT2D eigenvalue weighted by molar-refractivity contribution is 6.02. The number of hydrogen-bond donors (Lipinski definition) is 2. The molecule has 1 fully saturated rings. The van der Waals surface area contributed by atoms with E-state index in [0.717, 1.165) is 12.8 Å². The third-order valence-electron chi connectivity index (χ3n) is 6.59. The minimum atomic E-state index is -0.745. The van der Waals surface area contributed by atoms with E-state index in [0.29, 0.717) is 16.9 Å². The fourth-order valence-corrected chi connectivity index (χ4v) is 4.66. The van der Waals surface area contributed by atoms with Crippen LogP contribution in [0.15, 0.2) is 50.4 Å². The van der Waals surface area contributed by atoms with Crippen LogP contribution in [-0.2, 0) is 4.79 Å². The van der Waals surface area contributed by atoms with E-state index in [9.17, 15) is 18.8 Å². The van der Waals surface area contributed by atoms with Crippen LogP contribution in [0.2, 0.25) is 0 Å². The van der Waals surface area contributed by atoms with Crippen molar-refractivity contribution in [1.29, 1.82) is 0 Å². The van der Waals surface area contributed by atoms with Crippen molar-refractivity contribution in [2.75, 3.05) is 10.6 Å². The molecule has 0 aliphatic heterocycles. The van der Waals surface area contributed by atoms with E-state index in [-0.39, 0.29) is 51.0 Å². The topological polar surface area (TPSA) is 93.3 Å². The summed E-state index contributed by atoms with van der Waals surface area (Å²) in [6, 6.07) is 8.53. The summed E-state index contributed by atoms with van der Waals surface area (Å²) in [6.07, 6.45) is 1.54. The molecule has 4 aromatic rings. The second-order valence-electron chi connectivity index (χ2n) is 9.44. The van der Waals surface area contributed by atoms with Crippen LogP contribution in [0.25, 0.3) is 22.1 Å². The average molecular weight is 506 g/mol. The molecule has 0 saturated heterocycles. The molecule has 190 valence electrons. The molecule has 9 heteroatoms. The monoisotopic (exact) mass is 505 g/mol. The Kier molecular flexibility index (Phi) is 5.94. The first-order valence-corrected chi connectivity index (χ1v) is 11.9. The van der Waals surface area contributed by atoms with Crippen LogP contribution in [0.5, 0.6) is 0 Å². The fraction of sp³-hybridized carbons (Fsp3) is 0.250. The Labute approximate surface area is 210 Å². The molecule has 2 N–H and O–H groups in total. The highest BCUT2D eigenvalue weighted by Crippen LogP contribution is 2.41. The molecule has 1 saturated carbocycles. The summed E-state index contributed by atoms with van der Waals surface area (Å²) in [4.78, 5) is 38.4. The first-order valence-electron chi connectivity index (χ1n) is 11.9.